The maximum atomic E-state index is 12.4. The van der Waals surface area contributed by atoms with Crippen molar-refractivity contribution in [2.24, 2.45) is 11.7 Å². The maximum absolute atomic E-state index is 12.4. The first-order valence-corrected chi connectivity index (χ1v) is 4.03. The lowest BCUT2D eigenvalue weighted by Crippen LogP contribution is -2.13. The fraction of sp³-hybridized carbons (Fsp3) is 0.444. The Labute approximate surface area is 71.6 Å². The van der Waals surface area contributed by atoms with E-state index in [1.807, 2.05) is 0 Å². The van der Waals surface area contributed by atoms with E-state index in [2.05, 4.69) is 11.9 Å². The highest BCUT2D eigenvalue weighted by atomic mass is 19.1. The molecule has 0 aliphatic carbocycles. The lowest BCUT2D eigenvalue weighted by molar-refractivity contribution is 0.570. The molecule has 0 aliphatic heterocycles. The maximum Gasteiger partial charge on any atom is 0.212 e. The van der Waals surface area contributed by atoms with Gasteiger partial charge in [-0.1, -0.05) is 13.0 Å². The van der Waals surface area contributed by atoms with Crippen molar-refractivity contribution in [3.63, 3.8) is 0 Å². The second-order valence-corrected chi connectivity index (χ2v) is 3.03. The van der Waals surface area contributed by atoms with Gasteiger partial charge in [0.15, 0.2) is 0 Å². The van der Waals surface area contributed by atoms with Crippen molar-refractivity contribution in [1.82, 2.24) is 4.98 Å². The van der Waals surface area contributed by atoms with Crippen molar-refractivity contribution < 1.29 is 4.39 Å². The van der Waals surface area contributed by atoms with Gasteiger partial charge in [-0.2, -0.15) is 4.39 Å². The van der Waals surface area contributed by atoms with Crippen molar-refractivity contribution >= 4 is 0 Å². The summed E-state index contributed by atoms with van der Waals surface area (Å²) in [5.74, 6) is -0.00332. The van der Waals surface area contributed by atoms with Crippen LogP contribution >= 0.6 is 0 Å². The Kier molecular flexibility index (Phi) is 3.17. The van der Waals surface area contributed by atoms with E-state index in [0.29, 0.717) is 12.5 Å². The normalized spacial score (nSPS) is 12.9. The van der Waals surface area contributed by atoms with Crippen molar-refractivity contribution in [2.75, 3.05) is 6.54 Å². The molecule has 12 heavy (non-hydrogen) atoms. The molecule has 0 aromatic carbocycles. The molecule has 1 heterocycles. The first-order valence-electron chi connectivity index (χ1n) is 4.03. The zero-order valence-corrected chi connectivity index (χ0v) is 7.13. The van der Waals surface area contributed by atoms with Crippen molar-refractivity contribution in [2.45, 2.75) is 13.3 Å². The fourth-order valence-corrected chi connectivity index (χ4v) is 1.01. The summed E-state index contributed by atoms with van der Waals surface area (Å²) < 4.78 is 12.4. The summed E-state index contributed by atoms with van der Waals surface area (Å²) in [5.41, 5.74) is 6.49. The Morgan fingerprint density at radius 3 is 2.83 bits per heavy atom. The van der Waals surface area contributed by atoms with Gasteiger partial charge in [0.05, 0.1) is 0 Å². The van der Waals surface area contributed by atoms with E-state index in [4.69, 9.17) is 5.73 Å². The largest absolute Gasteiger partial charge is 0.330 e. The molecular formula is C9H13FN2. The molecule has 0 bridgehead atoms. The standard InChI is InChI=1S/C9H13FN2/c1-7(5-11)4-8-2-3-9(10)12-6-8/h2-3,6-7H,4-5,11H2,1H3/t7-/m0/s1. The molecular weight excluding hydrogens is 155 g/mol. The summed E-state index contributed by atoms with van der Waals surface area (Å²) in [6, 6.07) is 3.12. The predicted octanol–water partition coefficient (Wildman–Crippen LogP) is 1.36. The van der Waals surface area contributed by atoms with Gasteiger partial charge in [-0.25, -0.2) is 4.98 Å². The van der Waals surface area contributed by atoms with Crippen LogP contribution in [0.3, 0.4) is 0 Å². The highest BCUT2D eigenvalue weighted by Gasteiger charge is 2.01. The molecule has 2 nitrogen and oxygen atoms in total. The van der Waals surface area contributed by atoms with Crippen LogP contribution < -0.4 is 5.73 Å². The highest BCUT2D eigenvalue weighted by Crippen LogP contribution is 2.06. The number of nitrogens with zero attached hydrogens (tertiary/aromatic N) is 1. The number of hydrogen-bond donors (Lipinski definition) is 1. The van der Waals surface area contributed by atoms with E-state index >= 15 is 0 Å². The van der Waals surface area contributed by atoms with Crippen LogP contribution in [0.1, 0.15) is 12.5 Å². The number of aromatic nitrogens is 1. The third-order valence-corrected chi connectivity index (χ3v) is 1.78. The zero-order valence-electron chi connectivity index (χ0n) is 7.13. The first-order chi connectivity index (χ1) is 5.72. The molecule has 1 rings (SSSR count). The molecule has 66 valence electrons. The third kappa shape index (κ3) is 2.58. The van der Waals surface area contributed by atoms with E-state index in [-0.39, 0.29) is 0 Å². The van der Waals surface area contributed by atoms with Crippen LogP contribution in [-0.4, -0.2) is 11.5 Å². The lowest BCUT2D eigenvalue weighted by atomic mass is 10.0. The van der Waals surface area contributed by atoms with Gasteiger partial charge in [0, 0.05) is 6.20 Å². The summed E-state index contributed by atoms with van der Waals surface area (Å²) in [7, 11) is 0. The van der Waals surface area contributed by atoms with E-state index in [1.54, 1.807) is 12.3 Å². The smallest absolute Gasteiger partial charge is 0.212 e. The van der Waals surface area contributed by atoms with Crippen LogP contribution in [0.2, 0.25) is 0 Å². The summed E-state index contributed by atoms with van der Waals surface area (Å²) in [6.45, 7) is 2.71. The number of hydrogen-bond acceptors (Lipinski definition) is 2. The number of nitrogens with two attached hydrogens (primary N) is 1. The first kappa shape index (κ1) is 9.13. The number of halogens is 1. The Morgan fingerprint density at radius 1 is 1.58 bits per heavy atom. The van der Waals surface area contributed by atoms with Crippen LogP contribution in [0, 0.1) is 11.9 Å². The molecule has 0 spiro atoms. The average molecular weight is 168 g/mol. The van der Waals surface area contributed by atoms with E-state index in [0.717, 1.165) is 12.0 Å². The number of rotatable bonds is 3. The SMILES string of the molecule is C[C@H](CN)Cc1ccc(F)nc1. The quantitative estimate of drug-likeness (QED) is 0.692. The van der Waals surface area contributed by atoms with E-state index in [1.165, 1.54) is 6.07 Å². The van der Waals surface area contributed by atoms with Gasteiger partial charge in [0.2, 0.25) is 5.95 Å². The molecule has 1 aromatic rings. The molecule has 1 aromatic heterocycles. The molecule has 0 fully saturated rings. The highest BCUT2D eigenvalue weighted by molar-refractivity contribution is 5.09. The van der Waals surface area contributed by atoms with Crippen molar-refractivity contribution in [1.29, 1.82) is 0 Å². The molecule has 3 heteroatoms. The molecule has 0 aliphatic rings. The minimum Gasteiger partial charge on any atom is -0.330 e. The van der Waals surface area contributed by atoms with Gasteiger partial charge < -0.3 is 5.73 Å². The second kappa shape index (κ2) is 4.16. The molecule has 0 saturated carbocycles. The summed E-state index contributed by atoms with van der Waals surface area (Å²) >= 11 is 0. The molecule has 1 atom stereocenters. The van der Waals surface area contributed by atoms with E-state index < -0.39 is 5.95 Å². The van der Waals surface area contributed by atoms with Gasteiger partial charge in [-0.05, 0) is 30.5 Å². The van der Waals surface area contributed by atoms with Crippen LogP contribution in [0.25, 0.3) is 0 Å². The van der Waals surface area contributed by atoms with Crippen molar-refractivity contribution in [3.8, 4) is 0 Å². The van der Waals surface area contributed by atoms with Crippen LogP contribution in [0.15, 0.2) is 18.3 Å². The summed E-state index contributed by atoms with van der Waals surface area (Å²) in [6.07, 6.45) is 2.42. The Hall–Kier alpha value is -0.960. The Bertz CT molecular complexity index is 233. The predicted molar refractivity (Wildman–Crippen MR) is 46.1 cm³/mol. The molecule has 0 amide bonds. The number of pyridine rings is 1. The summed E-state index contributed by atoms with van der Waals surface area (Å²) in [5, 5.41) is 0. The van der Waals surface area contributed by atoms with E-state index in [9.17, 15) is 4.39 Å². The third-order valence-electron chi connectivity index (χ3n) is 1.78. The van der Waals surface area contributed by atoms with Gasteiger partial charge >= 0.3 is 0 Å². The van der Waals surface area contributed by atoms with Crippen LogP contribution in [-0.2, 0) is 6.42 Å². The zero-order chi connectivity index (χ0) is 8.97. The monoisotopic (exact) mass is 168 g/mol. The lowest BCUT2D eigenvalue weighted by Gasteiger charge is -2.06. The van der Waals surface area contributed by atoms with Crippen LogP contribution in [0.4, 0.5) is 4.39 Å². The minimum absolute atomic E-state index is 0.428. The molecule has 2 N–H and O–H groups in total. The molecule has 0 radical (unpaired) electrons. The fourth-order valence-electron chi connectivity index (χ4n) is 1.01. The topological polar surface area (TPSA) is 38.9 Å². The van der Waals surface area contributed by atoms with Crippen molar-refractivity contribution in [3.05, 3.63) is 29.8 Å². The van der Waals surface area contributed by atoms with Gasteiger partial charge in [-0.15, -0.1) is 0 Å². The minimum atomic E-state index is -0.431. The Morgan fingerprint density at radius 2 is 2.33 bits per heavy atom. The van der Waals surface area contributed by atoms with Gasteiger partial charge in [0.25, 0.3) is 0 Å². The summed E-state index contributed by atoms with van der Waals surface area (Å²) in [4.78, 5) is 3.56. The average Bonchev–Trinajstić information content (AvgIpc) is 2.09. The molecule has 0 unspecified atom stereocenters. The van der Waals surface area contributed by atoms with Gasteiger partial charge in [0.1, 0.15) is 0 Å². The Balaban J connectivity index is 2.58. The van der Waals surface area contributed by atoms with Gasteiger partial charge in [-0.3, -0.25) is 0 Å². The second-order valence-electron chi connectivity index (χ2n) is 3.03. The molecule has 0 saturated heterocycles. The van der Waals surface area contributed by atoms with Crippen LogP contribution in [0.5, 0.6) is 0 Å².